The molecule has 11 heteroatoms. The van der Waals surface area contributed by atoms with Crippen LogP contribution in [0.1, 0.15) is 213 Å². The highest BCUT2D eigenvalue weighted by atomic mass is 31.2. The van der Waals surface area contributed by atoms with Crippen molar-refractivity contribution in [3.63, 3.8) is 0 Å². The highest BCUT2D eigenvalue weighted by Gasteiger charge is 2.27. The monoisotopic (exact) mass is 765 g/mol. The molecule has 310 valence electrons. The maximum absolute atomic E-state index is 12.6. The van der Waals surface area contributed by atoms with Gasteiger partial charge in [0.1, 0.15) is 12.7 Å². The summed E-state index contributed by atoms with van der Waals surface area (Å²) in [5.74, 6) is -0.910. The summed E-state index contributed by atoms with van der Waals surface area (Å²) >= 11 is 0. The third-order valence-electron chi connectivity index (χ3n) is 9.51. The number of phosphoric ester groups is 1. The van der Waals surface area contributed by atoms with Crippen molar-refractivity contribution in [3.8, 4) is 0 Å². The van der Waals surface area contributed by atoms with E-state index >= 15 is 0 Å². The first-order chi connectivity index (χ1) is 25.2. The van der Waals surface area contributed by atoms with Gasteiger partial charge in [0.05, 0.1) is 19.8 Å². The van der Waals surface area contributed by atoms with Crippen LogP contribution in [0.25, 0.3) is 0 Å². The van der Waals surface area contributed by atoms with Gasteiger partial charge in [0.2, 0.25) is 0 Å². The number of unbranched alkanes of at least 4 members (excludes halogenated alkanes) is 27. The molecule has 1 unspecified atom stereocenters. The van der Waals surface area contributed by atoms with E-state index in [4.69, 9.17) is 19.1 Å². The number of esters is 2. The first-order valence-corrected chi connectivity index (χ1v) is 23.0. The molecule has 0 bridgehead atoms. The van der Waals surface area contributed by atoms with Crippen LogP contribution in [-0.4, -0.2) is 65.7 Å². The number of aliphatic hydroxyl groups excluding tert-OH is 2. The molecular weight excluding hydrogens is 683 g/mol. The summed E-state index contributed by atoms with van der Waals surface area (Å²) in [4.78, 5) is 34.9. The number of hydrogen-bond acceptors (Lipinski definition) is 9. The van der Waals surface area contributed by atoms with Gasteiger partial charge in [-0.1, -0.05) is 187 Å². The van der Waals surface area contributed by atoms with Crippen LogP contribution in [0.15, 0.2) is 0 Å². The normalized spacial score (nSPS) is 13.9. The highest BCUT2D eigenvalue weighted by Crippen LogP contribution is 2.43. The fourth-order valence-corrected chi connectivity index (χ4v) is 6.96. The van der Waals surface area contributed by atoms with E-state index in [1.54, 1.807) is 0 Å². The maximum atomic E-state index is 12.6. The van der Waals surface area contributed by atoms with Crippen LogP contribution in [0.4, 0.5) is 0 Å². The van der Waals surface area contributed by atoms with Crippen molar-refractivity contribution < 1.29 is 47.8 Å². The molecule has 0 aromatic heterocycles. The maximum Gasteiger partial charge on any atom is 0.472 e. The molecule has 0 saturated heterocycles. The molecule has 0 aliphatic carbocycles. The van der Waals surface area contributed by atoms with E-state index in [1.807, 2.05) is 0 Å². The quantitative estimate of drug-likeness (QED) is 0.0312. The second kappa shape index (κ2) is 38.3. The number of hydrogen-bond donors (Lipinski definition) is 3. The van der Waals surface area contributed by atoms with Crippen molar-refractivity contribution in [3.05, 3.63) is 0 Å². The highest BCUT2D eigenvalue weighted by molar-refractivity contribution is 7.47. The van der Waals surface area contributed by atoms with Gasteiger partial charge >= 0.3 is 19.8 Å². The van der Waals surface area contributed by atoms with Gasteiger partial charge in [0, 0.05) is 12.8 Å². The zero-order valence-corrected chi connectivity index (χ0v) is 34.4. The van der Waals surface area contributed by atoms with Crippen molar-refractivity contribution in [2.45, 2.75) is 225 Å². The Hall–Kier alpha value is -1.03. The summed E-state index contributed by atoms with van der Waals surface area (Å²) in [5.41, 5.74) is 0. The fourth-order valence-electron chi connectivity index (χ4n) is 6.17. The predicted octanol–water partition coefficient (Wildman–Crippen LogP) is 11.1. The Morgan fingerprint density at radius 1 is 0.500 bits per heavy atom. The topological polar surface area (TPSA) is 149 Å². The average Bonchev–Trinajstić information content (AvgIpc) is 3.13. The summed E-state index contributed by atoms with van der Waals surface area (Å²) in [6.07, 6.45) is 33.5. The number of rotatable bonds is 41. The molecule has 52 heavy (non-hydrogen) atoms. The molecule has 0 spiro atoms. The van der Waals surface area contributed by atoms with Gasteiger partial charge in [-0.05, 0) is 12.8 Å². The Balaban J connectivity index is 4.25. The van der Waals surface area contributed by atoms with Crippen LogP contribution in [-0.2, 0) is 32.7 Å². The first-order valence-electron chi connectivity index (χ1n) is 21.5. The Bertz CT molecular complexity index is 842. The molecular formula is C41H81O10P. The van der Waals surface area contributed by atoms with Crippen LogP contribution in [0.2, 0.25) is 0 Å². The molecule has 3 N–H and O–H groups in total. The Morgan fingerprint density at radius 2 is 0.827 bits per heavy atom. The second-order valence-electron chi connectivity index (χ2n) is 14.7. The molecule has 0 heterocycles. The van der Waals surface area contributed by atoms with E-state index in [2.05, 4.69) is 18.4 Å². The number of aliphatic hydroxyl groups is 2. The molecule has 3 atom stereocenters. The average molecular weight is 765 g/mol. The lowest BCUT2D eigenvalue weighted by molar-refractivity contribution is -0.161. The van der Waals surface area contributed by atoms with E-state index in [0.29, 0.717) is 12.8 Å². The van der Waals surface area contributed by atoms with E-state index in [1.165, 1.54) is 135 Å². The third-order valence-corrected chi connectivity index (χ3v) is 10.5. The molecule has 0 fully saturated rings. The van der Waals surface area contributed by atoms with Crippen molar-refractivity contribution in [1.29, 1.82) is 0 Å². The molecule has 0 aromatic rings. The lowest BCUT2D eigenvalue weighted by Gasteiger charge is -2.20. The van der Waals surface area contributed by atoms with Gasteiger partial charge in [0.25, 0.3) is 0 Å². The van der Waals surface area contributed by atoms with Crippen LogP contribution in [0, 0.1) is 0 Å². The van der Waals surface area contributed by atoms with E-state index in [9.17, 15) is 24.2 Å². The standard InChI is InChI=1S/C41H81O10P/c1-3-5-7-9-11-13-15-17-18-19-21-23-25-27-29-31-33-41(45)51-39(37-50-52(46,47)49-35-38(43)34-42)36-48-40(44)32-30-28-26-24-22-20-16-14-12-10-8-6-4-2/h38-39,42-43H,3-37H2,1-2H3,(H,46,47)/t38-,39+/m0/s1. The summed E-state index contributed by atoms with van der Waals surface area (Å²) in [7, 11) is -4.61. The molecule has 0 rings (SSSR count). The lowest BCUT2D eigenvalue weighted by atomic mass is 10.0. The third kappa shape index (κ3) is 37.3. The van der Waals surface area contributed by atoms with Crippen LogP contribution in [0.3, 0.4) is 0 Å². The molecule has 0 radical (unpaired) electrons. The second-order valence-corrected chi connectivity index (χ2v) is 16.2. The van der Waals surface area contributed by atoms with E-state index < -0.39 is 51.8 Å². The van der Waals surface area contributed by atoms with Crippen molar-refractivity contribution in [1.82, 2.24) is 0 Å². The summed E-state index contributed by atoms with van der Waals surface area (Å²) in [6, 6.07) is 0. The van der Waals surface area contributed by atoms with E-state index in [0.717, 1.165) is 38.5 Å². The van der Waals surface area contributed by atoms with Crippen molar-refractivity contribution in [2.75, 3.05) is 26.4 Å². The number of carbonyl (C=O) groups excluding carboxylic acids is 2. The van der Waals surface area contributed by atoms with Crippen molar-refractivity contribution >= 4 is 19.8 Å². The summed E-state index contributed by atoms with van der Waals surface area (Å²) < 4.78 is 32.7. The predicted molar refractivity (Wildman–Crippen MR) is 210 cm³/mol. The minimum absolute atomic E-state index is 0.192. The minimum atomic E-state index is -4.61. The zero-order valence-electron chi connectivity index (χ0n) is 33.6. The van der Waals surface area contributed by atoms with Crippen molar-refractivity contribution in [2.24, 2.45) is 0 Å². The SMILES string of the molecule is CCCCCCCCCCCCCCCCCCC(=O)O[C@H](COC(=O)CCCCCCCCCCCCCCC)COP(=O)(O)OC[C@@H](O)CO. The molecule has 0 aromatic carbocycles. The van der Waals surface area contributed by atoms with Gasteiger partial charge in [0.15, 0.2) is 6.10 Å². The number of phosphoric acid groups is 1. The van der Waals surface area contributed by atoms with Gasteiger partial charge in [-0.2, -0.15) is 0 Å². The van der Waals surface area contributed by atoms with Gasteiger partial charge in [-0.25, -0.2) is 4.57 Å². The van der Waals surface area contributed by atoms with Crippen LogP contribution < -0.4 is 0 Å². The lowest BCUT2D eigenvalue weighted by Crippen LogP contribution is -2.29. The molecule has 0 aliphatic rings. The number of ether oxygens (including phenoxy) is 2. The Kier molecular flexibility index (Phi) is 37.5. The minimum Gasteiger partial charge on any atom is -0.462 e. The van der Waals surface area contributed by atoms with Crippen LogP contribution >= 0.6 is 7.82 Å². The summed E-state index contributed by atoms with van der Waals surface area (Å²) in [6.45, 7) is 2.41. The van der Waals surface area contributed by atoms with Gasteiger partial charge < -0.3 is 24.6 Å². The molecule has 0 aliphatic heterocycles. The van der Waals surface area contributed by atoms with Crippen LogP contribution in [0.5, 0.6) is 0 Å². The smallest absolute Gasteiger partial charge is 0.462 e. The van der Waals surface area contributed by atoms with Gasteiger partial charge in [-0.15, -0.1) is 0 Å². The largest absolute Gasteiger partial charge is 0.472 e. The fraction of sp³-hybridized carbons (Fsp3) is 0.951. The van der Waals surface area contributed by atoms with Gasteiger partial charge in [-0.3, -0.25) is 18.6 Å². The Labute approximate surface area is 318 Å². The first kappa shape index (κ1) is 51.0. The number of carbonyl (C=O) groups is 2. The van der Waals surface area contributed by atoms with E-state index in [-0.39, 0.29) is 19.4 Å². The summed E-state index contributed by atoms with van der Waals surface area (Å²) in [5, 5.41) is 18.3. The molecule has 0 saturated carbocycles. The Morgan fingerprint density at radius 3 is 1.19 bits per heavy atom. The molecule has 10 nitrogen and oxygen atoms in total. The zero-order chi connectivity index (χ0) is 38.4. The molecule has 0 amide bonds.